The first kappa shape index (κ1) is 16.1. The maximum atomic E-state index is 13.0. The molecule has 1 aromatic heterocycles. The maximum Gasteiger partial charge on any atom is 0.213 e. The molecule has 0 spiro atoms. The van der Waals surface area contributed by atoms with Crippen LogP contribution >= 0.6 is 0 Å². The lowest BCUT2D eigenvalue weighted by Crippen LogP contribution is -2.38. The van der Waals surface area contributed by atoms with Crippen LogP contribution in [0.2, 0.25) is 0 Å². The standard InChI is InChI=1S/C16H20FN3O2S/c1-2-23(21,22)20-9-7-13(8-10-20)16-11-15(18-19-16)12-3-5-14(17)6-4-12/h3-6,11,13H,2,7-10H2,1H3,(H,18,19). The summed E-state index contributed by atoms with van der Waals surface area (Å²) in [6, 6.07) is 8.20. The van der Waals surface area contributed by atoms with E-state index in [4.69, 9.17) is 0 Å². The molecule has 1 aliphatic rings. The van der Waals surface area contributed by atoms with E-state index in [2.05, 4.69) is 10.2 Å². The van der Waals surface area contributed by atoms with Gasteiger partial charge in [-0.1, -0.05) is 0 Å². The van der Waals surface area contributed by atoms with Gasteiger partial charge in [0.2, 0.25) is 10.0 Å². The van der Waals surface area contributed by atoms with Crippen LogP contribution in [-0.4, -0.2) is 41.8 Å². The third kappa shape index (κ3) is 3.45. The highest BCUT2D eigenvalue weighted by molar-refractivity contribution is 7.89. The summed E-state index contributed by atoms with van der Waals surface area (Å²) in [6.07, 6.45) is 1.56. The van der Waals surface area contributed by atoms with Crippen LogP contribution in [0.5, 0.6) is 0 Å². The number of H-pyrrole nitrogens is 1. The molecule has 1 fully saturated rings. The molecule has 0 aliphatic carbocycles. The molecule has 2 heterocycles. The lowest BCUT2D eigenvalue weighted by Gasteiger charge is -2.30. The molecule has 0 radical (unpaired) electrons. The molecule has 7 heteroatoms. The van der Waals surface area contributed by atoms with E-state index in [0.717, 1.165) is 29.8 Å². The van der Waals surface area contributed by atoms with Gasteiger partial charge in [-0.05, 0) is 50.1 Å². The molecule has 0 saturated carbocycles. The Kier molecular flexibility index (Phi) is 4.50. The van der Waals surface area contributed by atoms with E-state index >= 15 is 0 Å². The lowest BCUT2D eigenvalue weighted by atomic mass is 9.94. The molecule has 1 aromatic carbocycles. The zero-order valence-electron chi connectivity index (χ0n) is 13.0. The van der Waals surface area contributed by atoms with Crippen LogP contribution in [0.1, 0.15) is 31.4 Å². The molecule has 0 atom stereocenters. The summed E-state index contributed by atoms with van der Waals surface area (Å²) in [5, 5.41) is 7.34. The van der Waals surface area contributed by atoms with E-state index in [0.29, 0.717) is 13.1 Å². The largest absolute Gasteiger partial charge is 0.282 e. The van der Waals surface area contributed by atoms with Crippen molar-refractivity contribution in [2.24, 2.45) is 0 Å². The maximum absolute atomic E-state index is 13.0. The zero-order chi connectivity index (χ0) is 16.4. The predicted octanol–water partition coefficient (Wildman–Crippen LogP) is 2.74. The SMILES string of the molecule is CCS(=O)(=O)N1CCC(c2cc(-c3ccc(F)cc3)n[nH]2)CC1. The Labute approximate surface area is 135 Å². The molecule has 1 aliphatic heterocycles. The van der Waals surface area contributed by atoms with Crippen LogP contribution in [0.4, 0.5) is 4.39 Å². The van der Waals surface area contributed by atoms with Crippen molar-refractivity contribution in [3.05, 3.63) is 41.8 Å². The number of nitrogens with zero attached hydrogens (tertiary/aromatic N) is 2. The average Bonchev–Trinajstić information content (AvgIpc) is 3.05. The number of aromatic nitrogens is 2. The van der Waals surface area contributed by atoms with E-state index < -0.39 is 10.0 Å². The van der Waals surface area contributed by atoms with E-state index in [1.54, 1.807) is 23.4 Å². The highest BCUT2D eigenvalue weighted by Gasteiger charge is 2.28. The summed E-state index contributed by atoms with van der Waals surface area (Å²) >= 11 is 0. The van der Waals surface area contributed by atoms with E-state index in [9.17, 15) is 12.8 Å². The number of hydrogen-bond donors (Lipinski definition) is 1. The van der Waals surface area contributed by atoms with Gasteiger partial charge in [0.25, 0.3) is 0 Å². The van der Waals surface area contributed by atoms with Gasteiger partial charge < -0.3 is 0 Å². The van der Waals surface area contributed by atoms with Crippen LogP contribution in [0.15, 0.2) is 30.3 Å². The van der Waals surface area contributed by atoms with Gasteiger partial charge in [0.15, 0.2) is 0 Å². The molecular weight excluding hydrogens is 317 g/mol. The van der Waals surface area contributed by atoms with E-state index in [1.807, 2.05) is 6.07 Å². The predicted molar refractivity (Wildman–Crippen MR) is 87.0 cm³/mol. The Morgan fingerprint density at radius 2 is 1.91 bits per heavy atom. The van der Waals surface area contributed by atoms with Crippen LogP contribution in [-0.2, 0) is 10.0 Å². The number of nitrogens with one attached hydrogen (secondary N) is 1. The first-order valence-corrected chi connectivity index (χ1v) is 9.39. The molecule has 0 amide bonds. The Morgan fingerprint density at radius 3 is 2.52 bits per heavy atom. The van der Waals surface area contributed by atoms with Gasteiger partial charge in [0.1, 0.15) is 5.82 Å². The molecule has 3 rings (SSSR count). The zero-order valence-corrected chi connectivity index (χ0v) is 13.8. The fraction of sp³-hybridized carbons (Fsp3) is 0.438. The molecule has 5 nitrogen and oxygen atoms in total. The van der Waals surface area contributed by atoms with Crippen molar-refractivity contribution in [1.82, 2.24) is 14.5 Å². The third-order valence-corrected chi connectivity index (χ3v) is 6.27. The van der Waals surface area contributed by atoms with E-state index in [-0.39, 0.29) is 17.5 Å². The molecule has 124 valence electrons. The van der Waals surface area contributed by atoms with E-state index in [1.165, 1.54) is 12.1 Å². The Bertz CT molecular complexity index is 763. The minimum absolute atomic E-state index is 0.149. The van der Waals surface area contributed by atoms with Crippen LogP contribution < -0.4 is 0 Å². The monoisotopic (exact) mass is 337 g/mol. The number of rotatable bonds is 4. The number of sulfonamides is 1. The first-order valence-electron chi connectivity index (χ1n) is 7.78. The third-order valence-electron chi connectivity index (χ3n) is 4.39. The molecule has 0 bridgehead atoms. The number of hydrogen-bond acceptors (Lipinski definition) is 3. The molecule has 1 saturated heterocycles. The molecule has 0 unspecified atom stereocenters. The summed E-state index contributed by atoms with van der Waals surface area (Å²) in [5.41, 5.74) is 2.65. The van der Waals surface area contributed by atoms with Crippen LogP contribution in [0, 0.1) is 5.82 Å². The van der Waals surface area contributed by atoms with Crippen LogP contribution in [0.25, 0.3) is 11.3 Å². The van der Waals surface area contributed by atoms with Gasteiger partial charge in [-0.3, -0.25) is 5.10 Å². The van der Waals surface area contributed by atoms with Crippen molar-refractivity contribution < 1.29 is 12.8 Å². The van der Waals surface area contributed by atoms with Crippen LogP contribution in [0.3, 0.4) is 0 Å². The lowest BCUT2D eigenvalue weighted by molar-refractivity contribution is 0.317. The second kappa shape index (κ2) is 6.41. The van der Waals surface area contributed by atoms with Crippen molar-refractivity contribution in [2.75, 3.05) is 18.8 Å². The summed E-state index contributed by atoms with van der Waals surface area (Å²) in [4.78, 5) is 0. The second-order valence-corrected chi connectivity index (χ2v) is 8.05. The van der Waals surface area contributed by atoms with Gasteiger partial charge in [-0.15, -0.1) is 0 Å². The van der Waals surface area contributed by atoms with Gasteiger partial charge in [0, 0.05) is 30.3 Å². The molecular formula is C16H20FN3O2S. The van der Waals surface area contributed by atoms with Crippen molar-refractivity contribution >= 4 is 10.0 Å². The Morgan fingerprint density at radius 1 is 1.26 bits per heavy atom. The summed E-state index contributed by atoms with van der Waals surface area (Å²) in [6.45, 7) is 2.77. The van der Waals surface area contributed by atoms with Crippen molar-refractivity contribution in [3.8, 4) is 11.3 Å². The fourth-order valence-electron chi connectivity index (χ4n) is 2.94. The van der Waals surface area contributed by atoms with Gasteiger partial charge in [-0.25, -0.2) is 17.1 Å². The minimum atomic E-state index is -3.10. The highest BCUT2D eigenvalue weighted by atomic mass is 32.2. The summed E-state index contributed by atoms with van der Waals surface area (Å²) in [7, 11) is -3.10. The summed E-state index contributed by atoms with van der Waals surface area (Å²) < 4.78 is 38.3. The highest BCUT2D eigenvalue weighted by Crippen LogP contribution is 2.30. The normalized spacial score (nSPS) is 17.5. The van der Waals surface area contributed by atoms with Crippen molar-refractivity contribution in [3.63, 3.8) is 0 Å². The topological polar surface area (TPSA) is 66.1 Å². The minimum Gasteiger partial charge on any atom is -0.282 e. The summed E-state index contributed by atoms with van der Waals surface area (Å²) in [5.74, 6) is 0.158. The second-order valence-electron chi connectivity index (χ2n) is 5.79. The number of halogens is 1. The quantitative estimate of drug-likeness (QED) is 0.933. The number of piperidine rings is 1. The average molecular weight is 337 g/mol. The fourth-order valence-corrected chi connectivity index (χ4v) is 4.07. The number of benzene rings is 1. The number of aromatic amines is 1. The molecule has 1 N–H and O–H groups in total. The van der Waals surface area contributed by atoms with Gasteiger partial charge in [-0.2, -0.15) is 5.10 Å². The first-order chi connectivity index (χ1) is 11.0. The van der Waals surface area contributed by atoms with Crippen molar-refractivity contribution in [1.29, 1.82) is 0 Å². The Balaban J connectivity index is 1.69. The smallest absolute Gasteiger partial charge is 0.213 e. The molecule has 2 aromatic rings. The Hall–Kier alpha value is -1.73. The van der Waals surface area contributed by atoms with Gasteiger partial charge >= 0.3 is 0 Å². The van der Waals surface area contributed by atoms with Gasteiger partial charge in [0.05, 0.1) is 11.4 Å². The van der Waals surface area contributed by atoms with Crippen molar-refractivity contribution in [2.45, 2.75) is 25.7 Å². The molecule has 23 heavy (non-hydrogen) atoms.